The van der Waals surface area contributed by atoms with Crippen LogP contribution in [-0.4, -0.2) is 80.8 Å². The number of fused-ring (bicyclic) bond motifs is 2. The molecule has 3 aromatic rings. The summed E-state index contributed by atoms with van der Waals surface area (Å²) in [5, 5.41) is 20.1. The van der Waals surface area contributed by atoms with E-state index < -0.39 is 65.1 Å². The molecule has 3 aliphatic rings. The van der Waals surface area contributed by atoms with E-state index in [0.29, 0.717) is 42.9 Å². The Kier molecular flexibility index (Phi) is 9.91. The monoisotopic (exact) mass is 717 g/mol. The number of rotatable bonds is 10. The number of aryl methyl sites for hydroxylation is 1. The van der Waals surface area contributed by atoms with Crippen LogP contribution in [-0.2, 0) is 23.9 Å². The second-order valence-corrected chi connectivity index (χ2v) is 12.8. The summed E-state index contributed by atoms with van der Waals surface area (Å²) in [6, 6.07) is 10.8. The smallest absolute Gasteiger partial charge is 0.416 e. The molecule has 3 aromatic carbocycles. The summed E-state index contributed by atoms with van der Waals surface area (Å²) < 4.78 is 87.0. The fraction of sp³-hybridized carbons (Fsp3) is 0.361. The predicted octanol–water partition coefficient (Wildman–Crippen LogP) is 7.19. The van der Waals surface area contributed by atoms with Crippen LogP contribution in [0.5, 0.6) is 5.75 Å². The third-order valence-corrected chi connectivity index (χ3v) is 9.39. The topological polar surface area (TPSA) is 111 Å². The molecule has 0 aromatic heterocycles. The molecule has 2 atom stereocenters. The second-order valence-electron chi connectivity index (χ2n) is 12.8. The van der Waals surface area contributed by atoms with Crippen LogP contribution in [0.2, 0.25) is 0 Å². The van der Waals surface area contributed by atoms with Gasteiger partial charge in [-0.05, 0) is 78.6 Å². The number of nitrogens with zero attached hydrogens (tertiary/aromatic N) is 3. The molecule has 15 heteroatoms. The highest BCUT2D eigenvalue weighted by Crippen LogP contribution is 2.41. The van der Waals surface area contributed by atoms with Crippen LogP contribution in [0, 0.1) is 17.5 Å². The van der Waals surface area contributed by atoms with E-state index in [2.05, 4.69) is 0 Å². The normalized spacial score (nSPS) is 18.9. The lowest BCUT2D eigenvalue weighted by atomic mass is 9.81. The van der Waals surface area contributed by atoms with Gasteiger partial charge in [0.1, 0.15) is 0 Å². The number of carboxylic acid groups (broad SMARTS) is 2. The largest absolute Gasteiger partial charge is 0.488 e. The third-order valence-electron chi connectivity index (χ3n) is 9.39. The standard InChI is InChI=1S/C36H33F6N3O6/c37-27-12-13-28(38)32(31(27)39)51-14-2-4-20-6-8-22(9-7-20)26-16-25-18-43(34(47)48)19-29(45(25)35(49)50)30(26)33(46)44(24-10-11-24)17-21-3-1-5-23(15-21)36(40,41)42/h1,3,5-9,12-13,15,24-25,29H,2,4,10-11,14,16-19H2,(H,47,48)(H,49,50)/t25-,29-/m1/s1. The Hall–Kier alpha value is -5.21. The SMILES string of the molecule is O=C(O)N1C[C@H]2CC(c3ccc(CCCOc4c(F)ccc(F)c4F)cc3)=C(C(=O)N(Cc3cccc(C(F)(F)F)c3)C3CC3)[C@@H](C1)N2C(=O)O. The molecule has 2 N–H and O–H groups in total. The highest BCUT2D eigenvalue weighted by Gasteiger charge is 2.49. The molecule has 2 aliphatic heterocycles. The van der Waals surface area contributed by atoms with Gasteiger partial charge in [-0.2, -0.15) is 17.6 Å². The maximum absolute atomic E-state index is 14.6. The van der Waals surface area contributed by atoms with Gasteiger partial charge in [-0.15, -0.1) is 0 Å². The summed E-state index contributed by atoms with van der Waals surface area (Å²) in [5.74, 6) is -5.07. The van der Waals surface area contributed by atoms with Crippen molar-refractivity contribution in [1.82, 2.24) is 14.7 Å². The fourth-order valence-electron chi connectivity index (χ4n) is 6.81. The summed E-state index contributed by atoms with van der Waals surface area (Å²) in [6.07, 6.45) is -5.27. The summed E-state index contributed by atoms with van der Waals surface area (Å²) >= 11 is 0. The minimum atomic E-state index is -4.60. The highest BCUT2D eigenvalue weighted by atomic mass is 19.4. The van der Waals surface area contributed by atoms with E-state index >= 15 is 0 Å². The average molecular weight is 718 g/mol. The van der Waals surface area contributed by atoms with Gasteiger partial charge in [0.25, 0.3) is 5.91 Å². The molecule has 2 fully saturated rings. The Labute approximate surface area is 288 Å². The Morgan fingerprint density at radius 3 is 2.24 bits per heavy atom. The third kappa shape index (κ3) is 7.61. The van der Waals surface area contributed by atoms with Crippen molar-refractivity contribution in [2.24, 2.45) is 0 Å². The summed E-state index contributed by atoms with van der Waals surface area (Å²) in [6.45, 7) is -0.708. The van der Waals surface area contributed by atoms with Crippen LogP contribution in [0.25, 0.3) is 5.57 Å². The van der Waals surface area contributed by atoms with Crippen LogP contribution in [0.15, 0.2) is 66.2 Å². The summed E-state index contributed by atoms with van der Waals surface area (Å²) in [4.78, 5) is 42.8. The van der Waals surface area contributed by atoms with E-state index in [1.807, 2.05) is 0 Å². The quantitative estimate of drug-likeness (QED) is 0.131. The lowest BCUT2D eigenvalue weighted by Crippen LogP contribution is -2.65. The lowest BCUT2D eigenvalue weighted by molar-refractivity contribution is -0.137. The van der Waals surface area contributed by atoms with Crippen LogP contribution in [0.3, 0.4) is 0 Å². The molecule has 1 saturated carbocycles. The second kappa shape index (κ2) is 14.2. The zero-order valence-corrected chi connectivity index (χ0v) is 27.0. The Balaban J connectivity index is 1.30. The first-order chi connectivity index (χ1) is 24.2. The maximum atomic E-state index is 14.6. The molecule has 1 aliphatic carbocycles. The van der Waals surface area contributed by atoms with Gasteiger partial charge in [0.05, 0.1) is 24.3 Å². The highest BCUT2D eigenvalue weighted by molar-refractivity contribution is 6.04. The number of carbonyl (C=O) groups is 3. The number of benzene rings is 3. The first kappa shape index (κ1) is 35.6. The zero-order valence-electron chi connectivity index (χ0n) is 27.0. The van der Waals surface area contributed by atoms with Gasteiger partial charge in [0.2, 0.25) is 5.82 Å². The van der Waals surface area contributed by atoms with E-state index in [9.17, 15) is 50.9 Å². The van der Waals surface area contributed by atoms with Crippen LogP contribution in [0.1, 0.15) is 47.9 Å². The Morgan fingerprint density at radius 2 is 1.59 bits per heavy atom. The lowest BCUT2D eigenvalue weighted by Gasteiger charge is -2.49. The number of hydrogen-bond acceptors (Lipinski definition) is 4. The Bertz CT molecular complexity index is 1860. The number of halogens is 6. The van der Waals surface area contributed by atoms with Crippen molar-refractivity contribution in [3.05, 3.63) is 106 Å². The number of carbonyl (C=O) groups excluding carboxylic acids is 1. The van der Waals surface area contributed by atoms with Crippen molar-refractivity contribution < 1.29 is 55.7 Å². The van der Waals surface area contributed by atoms with Crippen molar-refractivity contribution in [2.75, 3.05) is 19.7 Å². The molecular weight excluding hydrogens is 684 g/mol. The molecule has 2 heterocycles. The molecule has 0 radical (unpaired) electrons. The minimum absolute atomic E-state index is 0.00761. The molecule has 0 spiro atoms. The van der Waals surface area contributed by atoms with Gasteiger partial charge >= 0.3 is 18.4 Å². The predicted molar refractivity (Wildman–Crippen MR) is 170 cm³/mol. The van der Waals surface area contributed by atoms with Gasteiger partial charge in [-0.1, -0.05) is 36.4 Å². The average Bonchev–Trinajstić information content (AvgIpc) is 3.93. The first-order valence-corrected chi connectivity index (χ1v) is 16.3. The number of alkyl halides is 3. The van der Waals surface area contributed by atoms with Gasteiger partial charge in [0, 0.05) is 31.2 Å². The Morgan fingerprint density at radius 1 is 0.882 bits per heavy atom. The number of piperazine rings is 1. The van der Waals surface area contributed by atoms with Crippen LogP contribution in [0.4, 0.5) is 35.9 Å². The first-order valence-electron chi connectivity index (χ1n) is 16.3. The van der Waals surface area contributed by atoms with Gasteiger partial charge < -0.3 is 24.7 Å². The minimum Gasteiger partial charge on any atom is -0.488 e. The maximum Gasteiger partial charge on any atom is 0.416 e. The zero-order chi connectivity index (χ0) is 36.6. The summed E-state index contributed by atoms with van der Waals surface area (Å²) in [7, 11) is 0. The van der Waals surface area contributed by atoms with E-state index in [1.165, 1.54) is 17.0 Å². The number of hydrogen-bond donors (Lipinski definition) is 2. The summed E-state index contributed by atoms with van der Waals surface area (Å²) in [5.41, 5.74) is 1.33. The molecule has 270 valence electrons. The van der Waals surface area contributed by atoms with Crippen molar-refractivity contribution >= 4 is 23.7 Å². The molecule has 2 bridgehead atoms. The van der Waals surface area contributed by atoms with Crippen LogP contribution < -0.4 is 4.74 Å². The van der Waals surface area contributed by atoms with Crippen molar-refractivity contribution in [1.29, 1.82) is 0 Å². The van der Waals surface area contributed by atoms with E-state index in [1.54, 1.807) is 24.3 Å². The molecule has 0 unspecified atom stereocenters. The van der Waals surface area contributed by atoms with Crippen LogP contribution >= 0.6 is 0 Å². The molecule has 51 heavy (non-hydrogen) atoms. The van der Waals surface area contributed by atoms with Crippen molar-refractivity contribution in [2.45, 2.75) is 63.0 Å². The van der Waals surface area contributed by atoms with E-state index in [0.717, 1.165) is 33.6 Å². The molecule has 6 rings (SSSR count). The molecule has 3 amide bonds. The molecule has 1 saturated heterocycles. The fourth-order valence-corrected chi connectivity index (χ4v) is 6.81. The molecular formula is C36H33F6N3O6. The van der Waals surface area contributed by atoms with Crippen molar-refractivity contribution in [3.8, 4) is 5.75 Å². The molecule has 9 nitrogen and oxygen atoms in total. The van der Waals surface area contributed by atoms with Crippen molar-refractivity contribution in [3.63, 3.8) is 0 Å². The number of ether oxygens (including phenoxy) is 1. The number of amides is 3. The van der Waals surface area contributed by atoms with Gasteiger partial charge in [-0.25, -0.2) is 18.4 Å². The van der Waals surface area contributed by atoms with Gasteiger partial charge in [-0.3, -0.25) is 9.69 Å². The van der Waals surface area contributed by atoms with Gasteiger partial charge in [0.15, 0.2) is 17.4 Å². The van der Waals surface area contributed by atoms with E-state index in [-0.39, 0.29) is 49.8 Å². The van der Waals surface area contributed by atoms with E-state index in [4.69, 9.17) is 4.74 Å².